The van der Waals surface area contributed by atoms with E-state index in [1.54, 1.807) is 0 Å². The Morgan fingerprint density at radius 3 is 3.00 bits per heavy atom. The lowest BCUT2D eigenvalue weighted by Crippen LogP contribution is -2.21. The fourth-order valence-electron chi connectivity index (χ4n) is 2.20. The minimum absolute atomic E-state index is 0.514. The monoisotopic (exact) mass is 267 g/mol. The molecule has 0 aliphatic heterocycles. The molecule has 1 saturated carbocycles. The van der Waals surface area contributed by atoms with Gasteiger partial charge in [-0.25, -0.2) is 0 Å². The van der Waals surface area contributed by atoms with Crippen LogP contribution in [-0.2, 0) is 0 Å². The van der Waals surface area contributed by atoms with Crippen molar-refractivity contribution >= 4 is 40.0 Å². The molecule has 17 heavy (non-hydrogen) atoms. The summed E-state index contributed by atoms with van der Waals surface area (Å²) in [7, 11) is 0. The molecule has 0 saturated heterocycles. The number of hydrogen-bond acceptors (Lipinski definition) is 4. The third kappa shape index (κ3) is 2.11. The minimum Gasteiger partial charge on any atom is -0.379 e. The third-order valence-corrected chi connectivity index (χ3v) is 4.20. The topological polar surface area (TPSA) is 37.8 Å². The molecule has 0 radical (unpaired) electrons. The Bertz CT molecular complexity index is 536. The quantitative estimate of drug-likeness (QED) is 0.912. The first-order valence-electron chi connectivity index (χ1n) is 5.97. The summed E-state index contributed by atoms with van der Waals surface area (Å²) in [4.78, 5) is 0. The van der Waals surface area contributed by atoms with Gasteiger partial charge in [-0.3, -0.25) is 0 Å². The van der Waals surface area contributed by atoms with Crippen LogP contribution >= 0.6 is 23.3 Å². The van der Waals surface area contributed by atoms with Crippen molar-refractivity contribution in [3.63, 3.8) is 0 Å². The van der Waals surface area contributed by atoms with Crippen LogP contribution in [0.15, 0.2) is 12.1 Å². The van der Waals surface area contributed by atoms with Gasteiger partial charge in [0.1, 0.15) is 11.0 Å². The average Bonchev–Trinajstić information content (AvgIpc) is 3.06. The molecule has 1 N–H and O–H groups in total. The van der Waals surface area contributed by atoms with Gasteiger partial charge in [0, 0.05) is 6.04 Å². The Labute approximate surface area is 110 Å². The van der Waals surface area contributed by atoms with Crippen molar-refractivity contribution < 1.29 is 0 Å². The molecule has 90 valence electrons. The number of fused-ring (bicyclic) bond motifs is 1. The zero-order valence-electron chi connectivity index (χ0n) is 9.61. The first kappa shape index (κ1) is 11.2. The lowest BCUT2D eigenvalue weighted by Gasteiger charge is -2.18. The highest BCUT2D eigenvalue weighted by molar-refractivity contribution is 7.00. The summed E-state index contributed by atoms with van der Waals surface area (Å²) in [6, 6.07) is 4.33. The number of aromatic nitrogens is 2. The highest BCUT2D eigenvalue weighted by Crippen LogP contribution is 2.38. The molecule has 1 fully saturated rings. The van der Waals surface area contributed by atoms with Crippen molar-refractivity contribution in [2.45, 2.75) is 32.2 Å². The summed E-state index contributed by atoms with van der Waals surface area (Å²) in [5, 5.41) is 4.30. The maximum absolute atomic E-state index is 6.26. The van der Waals surface area contributed by atoms with Gasteiger partial charge >= 0.3 is 0 Å². The number of nitrogens with zero attached hydrogens (tertiary/aromatic N) is 2. The summed E-state index contributed by atoms with van der Waals surface area (Å²) in [5.74, 6) is 0.804. The molecule has 3 rings (SSSR count). The van der Waals surface area contributed by atoms with Gasteiger partial charge in [-0.1, -0.05) is 18.5 Å². The van der Waals surface area contributed by atoms with Gasteiger partial charge in [0.25, 0.3) is 0 Å². The Morgan fingerprint density at radius 1 is 1.47 bits per heavy atom. The van der Waals surface area contributed by atoms with Crippen LogP contribution in [0.25, 0.3) is 11.0 Å². The van der Waals surface area contributed by atoms with Crippen LogP contribution in [0.2, 0.25) is 5.02 Å². The van der Waals surface area contributed by atoms with E-state index in [1.165, 1.54) is 24.6 Å². The van der Waals surface area contributed by atoms with E-state index in [0.717, 1.165) is 34.1 Å². The van der Waals surface area contributed by atoms with Crippen LogP contribution in [0.5, 0.6) is 0 Å². The van der Waals surface area contributed by atoms with Crippen molar-refractivity contribution in [1.29, 1.82) is 0 Å². The second kappa shape index (κ2) is 4.42. The van der Waals surface area contributed by atoms with Gasteiger partial charge in [-0.2, -0.15) is 8.75 Å². The molecule has 1 aliphatic carbocycles. The van der Waals surface area contributed by atoms with E-state index in [4.69, 9.17) is 11.6 Å². The van der Waals surface area contributed by atoms with E-state index >= 15 is 0 Å². The predicted octanol–water partition coefficient (Wildman–Crippen LogP) is 3.95. The Hall–Kier alpha value is -0.870. The molecule has 1 unspecified atom stereocenters. The fourth-order valence-corrected chi connectivity index (χ4v) is 2.95. The first-order chi connectivity index (χ1) is 8.29. The average molecular weight is 268 g/mol. The molecule has 3 nitrogen and oxygen atoms in total. The molecule has 1 aliphatic rings. The zero-order chi connectivity index (χ0) is 11.8. The summed E-state index contributed by atoms with van der Waals surface area (Å²) < 4.78 is 8.58. The highest BCUT2D eigenvalue weighted by Gasteiger charge is 2.30. The summed E-state index contributed by atoms with van der Waals surface area (Å²) in [6.45, 7) is 2.21. The molecular weight excluding hydrogens is 254 g/mol. The normalized spacial score (nSPS) is 17.3. The van der Waals surface area contributed by atoms with Gasteiger partial charge in [-0.15, -0.1) is 0 Å². The summed E-state index contributed by atoms with van der Waals surface area (Å²) in [5.41, 5.74) is 2.78. The van der Waals surface area contributed by atoms with E-state index in [-0.39, 0.29) is 0 Å². The summed E-state index contributed by atoms with van der Waals surface area (Å²) in [6.07, 6.45) is 3.78. The lowest BCUT2D eigenvalue weighted by molar-refractivity contribution is 0.617. The second-order valence-corrected chi connectivity index (χ2v) is 5.49. The SMILES string of the molecule is CCC(Nc1c(Cl)ccc2nsnc12)C1CC1. The Kier molecular flexibility index (Phi) is 2.92. The number of nitrogens with one attached hydrogen (secondary N) is 1. The molecule has 0 amide bonds. The van der Waals surface area contributed by atoms with Crippen molar-refractivity contribution in [2.75, 3.05) is 5.32 Å². The van der Waals surface area contributed by atoms with Crippen molar-refractivity contribution in [1.82, 2.24) is 8.75 Å². The fraction of sp³-hybridized carbons (Fsp3) is 0.500. The molecule has 0 spiro atoms. The molecule has 1 atom stereocenters. The smallest absolute Gasteiger partial charge is 0.129 e. The Balaban J connectivity index is 1.97. The molecule has 1 aromatic heterocycles. The third-order valence-electron chi connectivity index (χ3n) is 3.34. The van der Waals surface area contributed by atoms with Gasteiger partial charge in [0.15, 0.2) is 0 Å². The highest BCUT2D eigenvalue weighted by atomic mass is 35.5. The summed E-state index contributed by atoms with van der Waals surface area (Å²) >= 11 is 7.50. The van der Waals surface area contributed by atoms with Gasteiger partial charge < -0.3 is 5.32 Å². The van der Waals surface area contributed by atoms with E-state index in [1.807, 2.05) is 12.1 Å². The van der Waals surface area contributed by atoms with Crippen LogP contribution in [0.3, 0.4) is 0 Å². The molecular formula is C12H14ClN3S. The van der Waals surface area contributed by atoms with Crippen molar-refractivity contribution in [3.8, 4) is 0 Å². The first-order valence-corrected chi connectivity index (χ1v) is 7.07. The van der Waals surface area contributed by atoms with E-state index < -0.39 is 0 Å². The number of anilines is 1. The maximum atomic E-state index is 6.26. The zero-order valence-corrected chi connectivity index (χ0v) is 11.2. The second-order valence-electron chi connectivity index (χ2n) is 4.55. The van der Waals surface area contributed by atoms with Gasteiger partial charge in [-0.05, 0) is 37.3 Å². The van der Waals surface area contributed by atoms with E-state index in [0.29, 0.717) is 6.04 Å². The van der Waals surface area contributed by atoms with Gasteiger partial charge in [0.2, 0.25) is 0 Å². The lowest BCUT2D eigenvalue weighted by atomic mass is 10.1. The van der Waals surface area contributed by atoms with Crippen molar-refractivity contribution in [3.05, 3.63) is 17.2 Å². The van der Waals surface area contributed by atoms with Crippen LogP contribution in [0.4, 0.5) is 5.69 Å². The number of hydrogen-bond donors (Lipinski definition) is 1. The maximum Gasteiger partial charge on any atom is 0.129 e. The van der Waals surface area contributed by atoms with E-state index in [2.05, 4.69) is 21.0 Å². The number of halogens is 1. The largest absolute Gasteiger partial charge is 0.379 e. The van der Waals surface area contributed by atoms with Crippen molar-refractivity contribution in [2.24, 2.45) is 5.92 Å². The number of rotatable bonds is 4. The van der Waals surface area contributed by atoms with Crippen LogP contribution < -0.4 is 5.32 Å². The molecule has 1 heterocycles. The van der Waals surface area contributed by atoms with Crippen LogP contribution in [-0.4, -0.2) is 14.8 Å². The minimum atomic E-state index is 0.514. The predicted molar refractivity (Wildman–Crippen MR) is 72.9 cm³/mol. The number of benzene rings is 1. The van der Waals surface area contributed by atoms with Crippen LogP contribution in [0, 0.1) is 5.92 Å². The standard InChI is InChI=1S/C12H14ClN3S/c1-2-9(7-3-4-7)14-11-8(13)5-6-10-12(11)16-17-15-10/h5-7,9,14H,2-4H2,1H3. The van der Waals surface area contributed by atoms with Crippen LogP contribution in [0.1, 0.15) is 26.2 Å². The molecule has 2 aromatic rings. The molecule has 5 heteroatoms. The Morgan fingerprint density at radius 2 is 2.29 bits per heavy atom. The molecule has 1 aromatic carbocycles. The van der Waals surface area contributed by atoms with Gasteiger partial charge in [0.05, 0.1) is 22.4 Å². The van der Waals surface area contributed by atoms with E-state index in [9.17, 15) is 0 Å². The molecule has 0 bridgehead atoms.